The molecule has 0 amide bonds. The first-order valence-electron chi connectivity index (χ1n) is 5.68. The number of rotatable bonds is 1. The van der Waals surface area contributed by atoms with Crippen molar-refractivity contribution in [2.75, 3.05) is 7.11 Å². The first-order valence-corrected chi connectivity index (χ1v) is 5.68. The second-order valence-corrected chi connectivity index (χ2v) is 4.70. The van der Waals surface area contributed by atoms with Gasteiger partial charge in [0, 0.05) is 24.7 Å². The van der Waals surface area contributed by atoms with Gasteiger partial charge in [-0.25, -0.2) is 4.79 Å². The Balaban J connectivity index is 2.31. The normalized spacial score (nSPS) is 36.6. The lowest BCUT2D eigenvalue weighted by atomic mass is 9.68. The molecule has 0 aromatic rings. The van der Waals surface area contributed by atoms with Gasteiger partial charge in [-0.2, -0.15) is 0 Å². The van der Waals surface area contributed by atoms with Gasteiger partial charge >= 0.3 is 5.97 Å². The van der Waals surface area contributed by atoms with Gasteiger partial charge in [0.25, 0.3) is 0 Å². The van der Waals surface area contributed by atoms with E-state index < -0.39 is 12.3 Å². The van der Waals surface area contributed by atoms with Crippen molar-refractivity contribution < 1.29 is 24.2 Å². The molecular formula is C12H16O5. The van der Waals surface area contributed by atoms with Gasteiger partial charge < -0.3 is 14.6 Å². The average Bonchev–Trinajstić information content (AvgIpc) is 2.27. The van der Waals surface area contributed by atoms with Crippen molar-refractivity contribution in [2.24, 2.45) is 17.8 Å². The Morgan fingerprint density at radius 2 is 2.24 bits per heavy atom. The van der Waals surface area contributed by atoms with Crippen molar-refractivity contribution in [3.8, 4) is 0 Å². The van der Waals surface area contributed by atoms with Gasteiger partial charge in [-0.3, -0.25) is 4.79 Å². The maximum Gasteiger partial charge on any atom is 0.337 e. The van der Waals surface area contributed by atoms with Crippen LogP contribution in [0.2, 0.25) is 0 Å². The Morgan fingerprint density at radius 3 is 2.88 bits per heavy atom. The highest BCUT2D eigenvalue weighted by atomic mass is 16.6. The van der Waals surface area contributed by atoms with Crippen LogP contribution >= 0.6 is 0 Å². The Labute approximate surface area is 99.4 Å². The van der Waals surface area contributed by atoms with Crippen molar-refractivity contribution >= 4 is 11.8 Å². The highest BCUT2D eigenvalue weighted by molar-refractivity contribution is 5.91. The number of methoxy groups -OCH3 is 1. The zero-order valence-electron chi connectivity index (χ0n) is 9.88. The second kappa shape index (κ2) is 4.49. The van der Waals surface area contributed by atoms with Crippen LogP contribution in [0.25, 0.3) is 0 Å². The number of hydrogen-bond acceptors (Lipinski definition) is 5. The lowest BCUT2D eigenvalue weighted by molar-refractivity contribution is -0.157. The maximum atomic E-state index is 11.6. The van der Waals surface area contributed by atoms with Crippen molar-refractivity contribution in [3.05, 3.63) is 11.8 Å². The SMILES string of the molecule is COC(=O)C1=CO[C@@H](O)[C@@H]2[C@H](C)CC(=O)C[C@H]12. The molecular weight excluding hydrogens is 224 g/mol. The standard InChI is InChI=1S/C12H16O5/c1-6-3-7(13)4-8-9(11(14)16-2)5-17-12(15)10(6)8/h5-6,8,10,12,15H,3-4H2,1-2H3/t6-,8-,10-,12-/m1/s1. The molecule has 94 valence electrons. The number of aliphatic hydroxyl groups excluding tert-OH is 1. The fourth-order valence-corrected chi connectivity index (χ4v) is 2.79. The van der Waals surface area contributed by atoms with E-state index in [-0.39, 0.29) is 30.0 Å². The summed E-state index contributed by atoms with van der Waals surface area (Å²) in [5.41, 5.74) is 0.350. The molecule has 0 spiro atoms. The molecule has 0 aromatic carbocycles. The van der Waals surface area contributed by atoms with E-state index in [1.807, 2.05) is 6.92 Å². The van der Waals surface area contributed by atoms with Crippen molar-refractivity contribution in [2.45, 2.75) is 26.1 Å². The van der Waals surface area contributed by atoms with Gasteiger partial charge in [0.1, 0.15) is 5.78 Å². The predicted molar refractivity (Wildman–Crippen MR) is 57.6 cm³/mol. The summed E-state index contributed by atoms with van der Waals surface area (Å²) in [7, 11) is 1.29. The topological polar surface area (TPSA) is 72.8 Å². The average molecular weight is 240 g/mol. The van der Waals surface area contributed by atoms with Gasteiger partial charge in [0.05, 0.1) is 18.9 Å². The summed E-state index contributed by atoms with van der Waals surface area (Å²) in [6, 6.07) is 0. The van der Waals surface area contributed by atoms with Crippen molar-refractivity contribution in [3.63, 3.8) is 0 Å². The monoisotopic (exact) mass is 240 g/mol. The van der Waals surface area contributed by atoms with Crippen LogP contribution in [0.3, 0.4) is 0 Å². The van der Waals surface area contributed by atoms with E-state index in [4.69, 9.17) is 4.74 Å². The van der Waals surface area contributed by atoms with Gasteiger partial charge in [-0.05, 0) is 5.92 Å². The van der Waals surface area contributed by atoms with Crippen LogP contribution in [0.5, 0.6) is 0 Å². The van der Waals surface area contributed by atoms with Crippen molar-refractivity contribution in [1.82, 2.24) is 0 Å². The summed E-state index contributed by atoms with van der Waals surface area (Å²) < 4.78 is 9.73. The third-order valence-corrected chi connectivity index (χ3v) is 3.60. The summed E-state index contributed by atoms with van der Waals surface area (Å²) in [6.45, 7) is 1.89. The lowest BCUT2D eigenvalue weighted by Crippen LogP contribution is -2.44. The van der Waals surface area contributed by atoms with Crippen LogP contribution in [-0.4, -0.2) is 30.3 Å². The molecule has 5 heteroatoms. The second-order valence-electron chi connectivity index (χ2n) is 4.70. The molecule has 1 aliphatic carbocycles. The highest BCUT2D eigenvalue weighted by Crippen LogP contribution is 2.42. The quantitative estimate of drug-likeness (QED) is 0.680. The number of carbonyl (C=O) groups excluding carboxylic acids is 2. The molecule has 5 nitrogen and oxygen atoms in total. The Kier molecular flexibility index (Phi) is 3.19. The van der Waals surface area contributed by atoms with Crippen LogP contribution in [0, 0.1) is 17.8 Å². The molecule has 0 unspecified atom stereocenters. The summed E-state index contributed by atoms with van der Waals surface area (Å²) >= 11 is 0. The Morgan fingerprint density at radius 1 is 1.53 bits per heavy atom. The van der Waals surface area contributed by atoms with Crippen LogP contribution in [0.15, 0.2) is 11.8 Å². The van der Waals surface area contributed by atoms with E-state index in [9.17, 15) is 14.7 Å². The first kappa shape index (κ1) is 12.1. The van der Waals surface area contributed by atoms with E-state index >= 15 is 0 Å². The highest BCUT2D eigenvalue weighted by Gasteiger charge is 2.45. The third-order valence-electron chi connectivity index (χ3n) is 3.60. The van der Waals surface area contributed by atoms with E-state index in [0.29, 0.717) is 12.0 Å². The molecule has 0 bridgehead atoms. The summed E-state index contributed by atoms with van der Waals surface area (Å²) in [5, 5.41) is 9.80. The predicted octanol–water partition coefficient (Wildman–Crippen LogP) is 0.623. The molecule has 1 aliphatic heterocycles. The Hall–Kier alpha value is -1.36. The summed E-state index contributed by atoms with van der Waals surface area (Å²) in [5.74, 6) is -0.879. The minimum atomic E-state index is -0.948. The number of aliphatic hydroxyl groups is 1. The fraction of sp³-hybridized carbons (Fsp3) is 0.667. The molecule has 17 heavy (non-hydrogen) atoms. The van der Waals surface area contributed by atoms with Crippen molar-refractivity contribution in [1.29, 1.82) is 0 Å². The molecule has 0 saturated heterocycles. The van der Waals surface area contributed by atoms with Gasteiger partial charge in [-0.15, -0.1) is 0 Å². The molecule has 2 aliphatic rings. The van der Waals surface area contributed by atoms with Crippen LogP contribution in [0.4, 0.5) is 0 Å². The number of ketones is 1. The fourth-order valence-electron chi connectivity index (χ4n) is 2.79. The summed E-state index contributed by atoms with van der Waals surface area (Å²) in [4.78, 5) is 23.2. The van der Waals surface area contributed by atoms with E-state index in [1.54, 1.807) is 0 Å². The van der Waals surface area contributed by atoms with Crippen LogP contribution in [0.1, 0.15) is 19.8 Å². The third kappa shape index (κ3) is 2.07. The minimum absolute atomic E-state index is 0.00426. The first-order chi connectivity index (χ1) is 8.04. The number of carbonyl (C=O) groups is 2. The Bertz CT molecular complexity index is 373. The van der Waals surface area contributed by atoms with E-state index in [0.717, 1.165) is 0 Å². The molecule has 1 heterocycles. The molecule has 0 aromatic heterocycles. The molecule has 1 saturated carbocycles. The zero-order chi connectivity index (χ0) is 12.6. The van der Waals surface area contributed by atoms with E-state index in [2.05, 4.69) is 4.74 Å². The van der Waals surface area contributed by atoms with Gasteiger partial charge in [0.2, 0.25) is 0 Å². The van der Waals surface area contributed by atoms with Gasteiger partial charge in [-0.1, -0.05) is 6.92 Å². The maximum absolute atomic E-state index is 11.6. The number of hydrogen-bond donors (Lipinski definition) is 1. The number of fused-ring (bicyclic) bond motifs is 1. The largest absolute Gasteiger partial charge is 0.472 e. The number of Topliss-reactive ketones (excluding diaryl/α,β-unsaturated/α-hetero) is 1. The van der Waals surface area contributed by atoms with Crippen LogP contribution < -0.4 is 0 Å². The molecule has 1 fully saturated rings. The smallest absolute Gasteiger partial charge is 0.337 e. The molecule has 2 rings (SSSR count). The lowest BCUT2D eigenvalue weighted by Gasteiger charge is -2.41. The minimum Gasteiger partial charge on any atom is -0.472 e. The number of ether oxygens (including phenoxy) is 2. The molecule has 4 atom stereocenters. The summed E-state index contributed by atoms with van der Waals surface area (Å²) in [6.07, 6.45) is 0.978. The molecule has 1 N–H and O–H groups in total. The molecule has 0 radical (unpaired) electrons. The number of esters is 1. The zero-order valence-corrected chi connectivity index (χ0v) is 9.88. The van der Waals surface area contributed by atoms with Crippen LogP contribution in [-0.2, 0) is 19.1 Å². The van der Waals surface area contributed by atoms with E-state index in [1.165, 1.54) is 13.4 Å². The van der Waals surface area contributed by atoms with Gasteiger partial charge in [0.15, 0.2) is 6.29 Å².